The number of alkyl halides is 1. The molecule has 1 aromatic carbocycles. The average Bonchev–Trinajstić information content (AvgIpc) is 2.43. The molecule has 1 atom stereocenters. The molecule has 1 heterocycles. The van der Waals surface area contributed by atoms with Gasteiger partial charge in [0, 0.05) is 17.8 Å². The summed E-state index contributed by atoms with van der Waals surface area (Å²) in [6, 6.07) is 8.03. The van der Waals surface area contributed by atoms with E-state index in [2.05, 4.69) is 22.2 Å². The Balaban J connectivity index is 1.95. The Morgan fingerprint density at radius 1 is 1.28 bits per heavy atom. The van der Waals surface area contributed by atoms with Crippen LogP contribution in [0.5, 0.6) is 0 Å². The first-order valence-electron chi connectivity index (χ1n) is 6.31. The predicted octanol–water partition coefficient (Wildman–Crippen LogP) is 3.70. The highest BCUT2D eigenvalue weighted by Gasteiger charge is 2.03. The zero-order valence-corrected chi connectivity index (χ0v) is 11.3. The van der Waals surface area contributed by atoms with E-state index in [1.165, 1.54) is 0 Å². The monoisotopic (exact) mass is 263 g/mol. The van der Waals surface area contributed by atoms with Crippen LogP contribution in [0.4, 0.5) is 5.82 Å². The lowest BCUT2D eigenvalue weighted by atomic mass is 10.1. The molecule has 4 heteroatoms. The zero-order chi connectivity index (χ0) is 12.8. The first-order chi connectivity index (χ1) is 8.81. The van der Waals surface area contributed by atoms with Gasteiger partial charge in [0.1, 0.15) is 12.1 Å². The molecule has 18 heavy (non-hydrogen) atoms. The molecule has 2 rings (SSSR count). The second-order valence-electron chi connectivity index (χ2n) is 4.57. The van der Waals surface area contributed by atoms with Gasteiger partial charge in [0.05, 0.1) is 5.52 Å². The van der Waals surface area contributed by atoms with Crippen LogP contribution < -0.4 is 5.32 Å². The maximum atomic E-state index is 5.79. The fraction of sp³-hybridized carbons (Fsp3) is 0.429. The fourth-order valence-electron chi connectivity index (χ4n) is 1.88. The van der Waals surface area contributed by atoms with Crippen LogP contribution in [0.15, 0.2) is 30.6 Å². The number of hydrogen-bond donors (Lipinski definition) is 1. The normalized spacial score (nSPS) is 12.6. The van der Waals surface area contributed by atoms with Crippen LogP contribution in [0.3, 0.4) is 0 Å². The molecule has 2 aromatic rings. The molecule has 0 spiro atoms. The van der Waals surface area contributed by atoms with E-state index in [0.717, 1.165) is 42.0 Å². The van der Waals surface area contributed by atoms with Crippen LogP contribution in [0, 0.1) is 5.92 Å². The second kappa shape index (κ2) is 6.55. The Hall–Kier alpha value is -1.35. The van der Waals surface area contributed by atoms with Crippen LogP contribution in [0.2, 0.25) is 0 Å². The van der Waals surface area contributed by atoms with Crippen LogP contribution >= 0.6 is 11.6 Å². The maximum absolute atomic E-state index is 5.79. The minimum Gasteiger partial charge on any atom is -0.369 e. The summed E-state index contributed by atoms with van der Waals surface area (Å²) in [4.78, 5) is 8.54. The summed E-state index contributed by atoms with van der Waals surface area (Å²) >= 11 is 5.79. The maximum Gasteiger partial charge on any atom is 0.137 e. The van der Waals surface area contributed by atoms with E-state index in [-0.39, 0.29) is 0 Å². The van der Waals surface area contributed by atoms with Gasteiger partial charge in [-0.25, -0.2) is 9.97 Å². The van der Waals surface area contributed by atoms with Crippen molar-refractivity contribution in [3.8, 4) is 0 Å². The lowest BCUT2D eigenvalue weighted by molar-refractivity contribution is 0.572. The Morgan fingerprint density at radius 2 is 2.11 bits per heavy atom. The predicted molar refractivity (Wildman–Crippen MR) is 77.1 cm³/mol. The van der Waals surface area contributed by atoms with E-state index in [1.54, 1.807) is 6.33 Å². The number of benzene rings is 1. The summed E-state index contributed by atoms with van der Waals surface area (Å²) in [5, 5.41) is 4.45. The largest absolute Gasteiger partial charge is 0.369 e. The minimum atomic E-state index is 0.579. The number of rotatable bonds is 6. The zero-order valence-electron chi connectivity index (χ0n) is 10.6. The van der Waals surface area contributed by atoms with E-state index in [0.29, 0.717) is 5.92 Å². The number of anilines is 1. The molecule has 0 amide bonds. The van der Waals surface area contributed by atoms with Crippen LogP contribution in [0.25, 0.3) is 10.9 Å². The molecule has 1 unspecified atom stereocenters. The van der Waals surface area contributed by atoms with Crippen LogP contribution in [-0.2, 0) is 0 Å². The number of aromatic nitrogens is 2. The Morgan fingerprint density at radius 3 is 2.94 bits per heavy atom. The molecular weight excluding hydrogens is 246 g/mol. The van der Waals surface area contributed by atoms with Crippen molar-refractivity contribution in [1.82, 2.24) is 9.97 Å². The smallest absolute Gasteiger partial charge is 0.137 e. The molecule has 0 aliphatic rings. The Labute approximate surface area is 113 Å². The van der Waals surface area contributed by atoms with Crippen molar-refractivity contribution in [3.05, 3.63) is 30.6 Å². The summed E-state index contributed by atoms with van der Waals surface area (Å²) in [7, 11) is 0. The second-order valence-corrected chi connectivity index (χ2v) is 4.88. The van der Waals surface area contributed by atoms with Crippen LogP contribution in [-0.4, -0.2) is 22.4 Å². The van der Waals surface area contributed by atoms with E-state index >= 15 is 0 Å². The highest BCUT2D eigenvalue weighted by atomic mass is 35.5. The lowest BCUT2D eigenvalue weighted by Gasteiger charge is -2.10. The van der Waals surface area contributed by atoms with E-state index in [1.807, 2.05) is 24.3 Å². The number of halogens is 1. The van der Waals surface area contributed by atoms with Gasteiger partial charge in [-0.3, -0.25) is 0 Å². The van der Waals surface area contributed by atoms with Crippen molar-refractivity contribution in [1.29, 1.82) is 0 Å². The lowest BCUT2D eigenvalue weighted by Crippen LogP contribution is -2.06. The third-order valence-electron chi connectivity index (χ3n) is 2.97. The number of nitrogens with zero attached hydrogens (tertiary/aromatic N) is 2. The Kier molecular flexibility index (Phi) is 4.76. The highest BCUT2D eigenvalue weighted by molar-refractivity contribution is 6.18. The molecule has 1 aromatic heterocycles. The van der Waals surface area contributed by atoms with Gasteiger partial charge in [0.15, 0.2) is 0 Å². The van der Waals surface area contributed by atoms with Gasteiger partial charge in [-0.15, -0.1) is 11.6 Å². The molecule has 0 bridgehead atoms. The molecule has 0 radical (unpaired) electrons. The minimum absolute atomic E-state index is 0.579. The number of para-hydroxylation sites is 1. The first-order valence-corrected chi connectivity index (χ1v) is 6.84. The quantitative estimate of drug-likeness (QED) is 0.638. The molecule has 3 nitrogen and oxygen atoms in total. The van der Waals surface area contributed by atoms with Gasteiger partial charge < -0.3 is 5.32 Å². The van der Waals surface area contributed by atoms with Gasteiger partial charge in [-0.05, 0) is 30.9 Å². The number of nitrogens with one attached hydrogen (secondary N) is 1. The summed E-state index contributed by atoms with van der Waals surface area (Å²) in [5.74, 6) is 2.23. The van der Waals surface area contributed by atoms with Gasteiger partial charge in [0.2, 0.25) is 0 Å². The number of fused-ring (bicyclic) bond motifs is 1. The van der Waals surface area contributed by atoms with Crippen molar-refractivity contribution in [3.63, 3.8) is 0 Å². The molecule has 1 N–H and O–H groups in total. The molecule has 0 saturated carbocycles. The third kappa shape index (κ3) is 3.33. The van der Waals surface area contributed by atoms with Crippen molar-refractivity contribution in [2.45, 2.75) is 19.8 Å². The summed E-state index contributed by atoms with van der Waals surface area (Å²) in [6.45, 7) is 3.09. The molecule has 0 aliphatic carbocycles. The van der Waals surface area contributed by atoms with Crippen molar-refractivity contribution < 1.29 is 0 Å². The average molecular weight is 264 g/mol. The summed E-state index contributed by atoms with van der Waals surface area (Å²) < 4.78 is 0. The Bertz CT molecular complexity index is 496. The third-order valence-corrected chi connectivity index (χ3v) is 3.50. The van der Waals surface area contributed by atoms with Gasteiger partial charge in [0.25, 0.3) is 0 Å². The molecule has 0 fully saturated rings. The van der Waals surface area contributed by atoms with E-state index < -0.39 is 0 Å². The number of hydrogen-bond acceptors (Lipinski definition) is 3. The SMILES string of the molecule is CC(CCl)CCCNc1ncnc2ccccc12. The first kappa shape index (κ1) is 13.1. The van der Waals surface area contributed by atoms with Crippen molar-refractivity contribution in [2.75, 3.05) is 17.7 Å². The van der Waals surface area contributed by atoms with Gasteiger partial charge >= 0.3 is 0 Å². The van der Waals surface area contributed by atoms with E-state index in [9.17, 15) is 0 Å². The molecule has 0 saturated heterocycles. The standard InChI is InChI=1S/C14H18ClN3/c1-11(9-15)5-4-8-16-14-12-6-2-3-7-13(12)17-10-18-14/h2-3,6-7,10-11H,4-5,8-9H2,1H3,(H,16,17,18). The van der Waals surface area contributed by atoms with Gasteiger partial charge in [-0.2, -0.15) is 0 Å². The molecule has 0 aliphatic heterocycles. The molecule has 96 valence electrons. The van der Waals surface area contributed by atoms with Crippen molar-refractivity contribution in [2.24, 2.45) is 5.92 Å². The topological polar surface area (TPSA) is 37.8 Å². The summed E-state index contributed by atoms with van der Waals surface area (Å²) in [5.41, 5.74) is 0.976. The van der Waals surface area contributed by atoms with E-state index in [4.69, 9.17) is 11.6 Å². The van der Waals surface area contributed by atoms with Crippen LogP contribution in [0.1, 0.15) is 19.8 Å². The fourth-order valence-corrected chi connectivity index (χ4v) is 2.03. The summed E-state index contributed by atoms with van der Waals surface area (Å²) in [6.07, 6.45) is 3.85. The van der Waals surface area contributed by atoms with Crippen molar-refractivity contribution >= 4 is 28.3 Å². The highest BCUT2D eigenvalue weighted by Crippen LogP contribution is 2.18. The van der Waals surface area contributed by atoms with Gasteiger partial charge in [-0.1, -0.05) is 19.1 Å². The molecular formula is C14H18ClN3.